The van der Waals surface area contributed by atoms with Crippen molar-refractivity contribution in [3.8, 4) is 11.4 Å². The maximum atomic E-state index is 13.1. The lowest BCUT2D eigenvalue weighted by atomic mass is 10.1. The van der Waals surface area contributed by atoms with Gasteiger partial charge in [-0.25, -0.2) is 4.39 Å². The normalized spacial score (nSPS) is 10.7. The van der Waals surface area contributed by atoms with Gasteiger partial charge < -0.3 is 5.32 Å². The van der Waals surface area contributed by atoms with Crippen LogP contribution >= 0.6 is 11.8 Å². The Morgan fingerprint density at radius 3 is 2.67 bits per heavy atom. The standard InChI is InChI=1S/C25H22FN5OS/c1-2-14-31-23(19-7-5-13-27-16-19)29-30-25(31)33-17-20-6-3-4-8-22(20)24(32)28-15-18-9-11-21(26)12-10-18/h2-13,16H,1,14-15,17H2,(H,28,32). The van der Waals surface area contributed by atoms with E-state index in [9.17, 15) is 9.18 Å². The molecule has 0 unspecified atom stereocenters. The predicted octanol–water partition coefficient (Wildman–Crippen LogP) is 4.89. The molecule has 2 aromatic carbocycles. The summed E-state index contributed by atoms with van der Waals surface area (Å²) < 4.78 is 15.1. The summed E-state index contributed by atoms with van der Waals surface area (Å²) >= 11 is 1.50. The van der Waals surface area contributed by atoms with Crippen LogP contribution in [0.5, 0.6) is 0 Å². The molecule has 0 atom stereocenters. The van der Waals surface area contributed by atoms with Gasteiger partial charge in [0.15, 0.2) is 11.0 Å². The number of hydrogen-bond donors (Lipinski definition) is 1. The average Bonchev–Trinajstić information content (AvgIpc) is 3.25. The first-order valence-corrected chi connectivity index (χ1v) is 11.3. The molecule has 1 N–H and O–H groups in total. The molecule has 0 bridgehead atoms. The molecule has 0 radical (unpaired) electrons. The minimum atomic E-state index is -0.302. The Balaban J connectivity index is 1.48. The van der Waals surface area contributed by atoms with Gasteiger partial charge in [0.2, 0.25) is 0 Å². The second-order valence-electron chi connectivity index (χ2n) is 7.20. The minimum Gasteiger partial charge on any atom is -0.348 e. The van der Waals surface area contributed by atoms with Gasteiger partial charge >= 0.3 is 0 Å². The van der Waals surface area contributed by atoms with Crippen LogP contribution in [0.1, 0.15) is 21.5 Å². The van der Waals surface area contributed by atoms with Crippen LogP contribution < -0.4 is 5.32 Å². The second-order valence-corrected chi connectivity index (χ2v) is 8.14. The molecule has 6 nitrogen and oxygen atoms in total. The number of carbonyl (C=O) groups is 1. The summed E-state index contributed by atoms with van der Waals surface area (Å²) in [6, 6.07) is 17.3. The van der Waals surface area contributed by atoms with Gasteiger partial charge in [0.25, 0.3) is 5.91 Å². The number of nitrogens with zero attached hydrogens (tertiary/aromatic N) is 4. The fourth-order valence-corrected chi connectivity index (χ4v) is 4.24. The summed E-state index contributed by atoms with van der Waals surface area (Å²) in [7, 11) is 0. The Bertz CT molecular complexity index is 1240. The largest absolute Gasteiger partial charge is 0.348 e. The Morgan fingerprint density at radius 2 is 1.91 bits per heavy atom. The molecule has 1 amide bonds. The van der Waals surface area contributed by atoms with E-state index in [1.807, 2.05) is 34.9 Å². The van der Waals surface area contributed by atoms with Crippen LogP contribution in [0.2, 0.25) is 0 Å². The number of thioether (sulfide) groups is 1. The molecule has 166 valence electrons. The van der Waals surface area contributed by atoms with E-state index in [1.54, 1.807) is 36.7 Å². The zero-order chi connectivity index (χ0) is 23.0. The Morgan fingerprint density at radius 1 is 1.09 bits per heavy atom. The number of aromatic nitrogens is 4. The monoisotopic (exact) mass is 459 g/mol. The SMILES string of the molecule is C=CCn1c(SCc2ccccc2C(=O)NCc2ccc(F)cc2)nnc1-c1cccnc1. The summed E-state index contributed by atoms with van der Waals surface area (Å²) in [6.07, 6.45) is 5.26. The fraction of sp³-hybridized carbons (Fsp3) is 0.120. The van der Waals surface area contributed by atoms with Gasteiger partial charge in [0, 0.05) is 42.4 Å². The minimum absolute atomic E-state index is 0.181. The number of benzene rings is 2. The third-order valence-corrected chi connectivity index (χ3v) is 5.95. The van der Waals surface area contributed by atoms with Crippen LogP contribution in [0.3, 0.4) is 0 Å². The molecule has 4 rings (SSSR count). The number of rotatable bonds is 9. The molecule has 0 saturated carbocycles. The maximum Gasteiger partial charge on any atom is 0.251 e. The van der Waals surface area contributed by atoms with E-state index in [-0.39, 0.29) is 11.7 Å². The molecule has 4 aromatic rings. The highest BCUT2D eigenvalue weighted by Gasteiger charge is 2.16. The smallest absolute Gasteiger partial charge is 0.251 e. The van der Waals surface area contributed by atoms with E-state index in [0.29, 0.717) is 24.4 Å². The molecular weight excluding hydrogens is 437 g/mol. The predicted molar refractivity (Wildman–Crippen MR) is 127 cm³/mol. The van der Waals surface area contributed by atoms with Crippen molar-refractivity contribution in [2.24, 2.45) is 0 Å². The lowest BCUT2D eigenvalue weighted by Gasteiger charge is -2.11. The number of carbonyl (C=O) groups excluding carboxylic acids is 1. The number of pyridine rings is 1. The van der Waals surface area contributed by atoms with Gasteiger partial charge in [-0.1, -0.05) is 48.2 Å². The molecule has 0 aliphatic rings. The first kappa shape index (κ1) is 22.4. The highest BCUT2D eigenvalue weighted by molar-refractivity contribution is 7.98. The van der Waals surface area contributed by atoms with Gasteiger partial charge in [-0.05, 0) is 41.5 Å². The van der Waals surface area contributed by atoms with Gasteiger partial charge in [0.05, 0.1) is 0 Å². The van der Waals surface area contributed by atoms with Crippen molar-refractivity contribution in [1.82, 2.24) is 25.1 Å². The molecule has 0 spiro atoms. The van der Waals surface area contributed by atoms with Crippen molar-refractivity contribution >= 4 is 17.7 Å². The summed E-state index contributed by atoms with van der Waals surface area (Å²) in [5, 5.41) is 12.3. The molecule has 0 saturated heterocycles. The second kappa shape index (κ2) is 10.7. The first-order valence-electron chi connectivity index (χ1n) is 10.3. The van der Waals surface area contributed by atoms with Gasteiger partial charge in [0.1, 0.15) is 5.82 Å². The van der Waals surface area contributed by atoms with Crippen LogP contribution in [-0.4, -0.2) is 25.7 Å². The highest BCUT2D eigenvalue weighted by atomic mass is 32.2. The molecule has 0 aliphatic heterocycles. The molecule has 33 heavy (non-hydrogen) atoms. The third kappa shape index (κ3) is 5.53. The zero-order valence-corrected chi connectivity index (χ0v) is 18.6. The van der Waals surface area contributed by atoms with Crippen LogP contribution in [0.15, 0.2) is 90.9 Å². The van der Waals surface area contributed by atoms with Crippen molar-refractivity contribution in [3.05, 3.63) is 108 Å². The highest BCUT2D eigenvalue weighted by Crippen LogP contribution is 2.27. The van der Waals surface area contributed by atoms with Crippen molar-refractivity contribution in [2.75, 3.05) is 0 Å². The lowest BCUT2D eigenvalue weighted by Crippen LogP contribution is -2.23. The topological polar surface area (TPSA) is 72.7 Å². The molecule has 0 aliphatic carbocycles. The molecule has 2 heterocycles. The number of nitrogens with one attached hydrogen (secondary N) is 1. The van der Waals surface area contributed by atoms with Gasteiger partial charge in [-0.3, -0.25) is 14.3 Å². The number of halogens is 1. The fourth-order valence-electron chi connectivity index (χ4n) is 3.29. The van der Waals surface area contributed by atoms with E-state index < -0.39 is 0 Å². The van der Waals surface area contributed by atoms with E-state index in [0.717, 1.165) is 27.7 Å². The molecular formula is C25H22FN5OS. The van der Waals surface area contributed by atoms with Crippen LogP contribution in [0.25, 0.3) is 11.4 Å². The average molecular weight is 460 g/mol. The Kier molecular flexibility index (Phi) is 7.26. The number of hydrogen-bond acceptors (Lipinski definition) is 5. The lowest BCUT2D eigenvalue weighted by molar-refractivity contribution is 0.0950. The summed E-state index contributed by atoms with van der Waals surface area (Å²) in [4.78, 5) is 17.0. The van der Waals surface area contributed by atoms with E-state index in [4.69, 9.17) is 0 Å². The van der Waals surface area contributed by atoms with Crippen LogP contribution in [-0.2, 0) is 18.8 Å². The van der Waals surface area contributed by atoms with Crippen LogP contribution in [0, 0.1) is 5.82 Å². The van der Waals surface area contributed by atoms with E-state index >= 15 is 0 Å². The Hall–Kier alpha value is -3.78. The summed E-state index contributed by atoms with van der Waals surface area (Å²) in [5.74, 6) is 0.779. The molecule has 2 aromatic heterocycles. The van der Waals surface area contributed by atoms with Crippen molar-refractivity contribution in [2.45, 2.75) is 24.0 Å². The summed E-state index contributed by atoms with van der Waals surface area (Å²) in [6.45, 7) is 4.72. The quantitative estimate of drug-likeness (QED) is 0.285. The molecule has 8 heteroatoms. The van der Waals surface area contributed by atoms with E-state index in [1.165, 1.54) is 23.9 Å². The molecule has 0 fully saturated rings. The summed E-state index contributed by atoms with van der Waals surface area (Å²) in [5.41, 5.74) is 3.18. The van der Waals surface area contributed by atoms with Crippen molar-refractivity contribution in [3.63, 3.8) is 0 Å². The Labute approximate surface area is 195 Å². The number of amides is 1. The van der Waals surface area contributed by atoms with Gasteiger partial charge in [-0.15, -0.1) is 16.8 Å². The van der Waals surface area contributed by atoms with Crippen LogP contribution in [0.4, 0.5) is 4.39 Å². The van der Waals surface area contributed by atoms with Gasteiger partial charge in [-0.2, -0.15) is 0 Å². The van der Waals surface area contributed by atoms with E-state index in [2.05, 4.69) is 27.1 Å². The number of allylic oxidation sites excluding steroid dienone is 1. The first-order chi connectivity index (χ1) is 16.2. The third-order valence-electron chi connectivity index (χ3n) is 4.93. The van der Waals surface area contributed by atoms with Crippen molar-refractivity contribution < 1.29 is 9.18 Å². The maximum absolute atomic E-state index is 13.1. The van der Waals surface area contributed by atoms with Crippen molar-refractivity contribution in [1.29, 1.82) is 0 Å². The zero-order valence-electron chi connectivity index (χ0n) is 17.8.